The van der Waals surface area contributed by atoms with Crippen LogP contribution in [-0.2, 0) is 14.3 Å². The molecule has 0 radical (unpaired) electrons. The molecule has 1 saturated heterocycles. The van der Waals surface area contributed by atoms with E-state index in [1.54, 1.807) is 17.2 Å². The van der Waals surface area contributed by atoms with Gasteiger partial charge in [-0.2, -0.15) is 0 Å². The van der Waals surface area contributed by atoms with Crippen molar-refractivity contribution in [1.82, 2.24) is 9.88 Å². The summed E-state index contributed by atoms with van der Waals surface area (Å²) in [6.07, 6.45) is 3.66. The molecule has 1 fully saturated rings. The summed E-state index contributed by atoms with van der Waals surface area (Å²) < 4.78 is 10.2. The van der Waals surface area contributed by atoms with E-state index >= 15 is 0 Å². The Labute approximate surface area is 128 Å². The third-order valence-electron chi connectivity index (χ3n) is 3.43. The van der Waals surface area contributed by atoms with E-state index < -0.39 is 0 Å². The minimum atomic E-state index is -0.343. The predicted molar refractivity (Wildman–Crippen MR) is 77.3 cm³/mol. The van der Waals surface area contributed by atoms with Crippen molar-refractivity contribution in [1.29, 1.82) is 0 Å². The summed E-state index contributed by atoms with van der Waals surface area (Å²) in [6.45, 7) is 1.48. The molecule has 1 aromatic heterocycles. The molecule has 6 nitrogen and oxygen atoms in total. The van der Waals surface area contributed by atoms with Crippen molar-refractivity contribution >= 4 is 23.5 Å². The average molecular weight is 315 g/mol. The largest absolute Gasteiger partial charge is 0.469 e. The zero-order valence-corrected chi connectivity index (χ0v) is 12.7. The molecule has 21 heavy (non-hydrogen) atoms. The Morgan fingerprint density at radius 1 is 1.57 bits per heavy atom. The van der Waals surface area contributed by atoms with Crippen LogP contribution < -0.4 is 0 Å². The first-order valence-electron chi connectivity index (χ1n) is 6.91. The van der Waals surface area contributed by atoms with E-state index in [0.717, 1.165) is 19.4 Å². The minimum absolute atomic E-state index is 0.0250. The molecule has 7 heteroatoms. The third-order valence-corrected chi connectivity index (χ3v) is 3.65. The number of aromatic nitrogens is 1. The van der Waals surface area contributed by atoms with Crippen LogP contribution in [0.3, 0.4) is 0 Å². The number of carbonyl (C=O) groups excluding carboxylic acids is 2. The van der Waals surface area contributed by atoms with Gasteiger partial charge < -0.3 is 19.4 Å². The predicted octanol–water partition coefficient (Wildman–Crippen LogP) is 1.85. The summed E-state index contributed by atoms with van der Waals surface area (Å²) in [7, 11) is 1.33. The SMILES string of the molecule is COC(=O)CCN(CC1CCCO1)C(=O)c1cc(Cl)c[nH]1. The van der Waals surface area contributed by atoms with Gasteiger partial charge in [0.2, 0.25) is 0 Å². The first-order valence-corrected chi connectivity index (χ1v) is 7.29. The third kappa shape index (κ3) is 4.47. The highest BCUT2D eigenvalue weighted by Crippen LogP contribution is 2.17. The fourth-order valence-corrected chi connectivity index (χ4v) is 2.46. The number of nitrogens with one attached hydrogen (secondary N) is 1. The quantitative estimate of drug-likeness (QED) is 0.813. The minimum Gasteiger partial charge on any atom is -0.469 e. The van der Waals surface area contributed by atoms with Gasteiger partial charge in [-0.15, -0.1) is 0 Å². The molecule has 1 amide bonds. The Morgan fingerprint density at radius 2 is 2.38 bits per heavy atom. The van der Waals surface area contributed by atoms with Crippen molar-refractivity contribution in [3.63, 3.8) is 0 Å². The van der Waals surface area contributed by atoms with Crippen molar-refractivity contribution < 1.29 is 19.1 Å². The van der Waals surface area contributed by atoms with Crippen LogP contribution in [0.2, 0.25) is 5.02 Å². The molecule has 0 aliphatic carbocycles. The number of H-pyrrole nitrogens is 1. The number of aromatic amines is 1. The number of amides is 1. The van der Waals surface area contributed by atoms with Crippen LogP contribution in [0.5, 0.6) is 0 Å². The number of rotatable bonds is 6. The summed E-state index contributed by atoms with van der Waals surface area (Å²) in [6, 6.07) is 1.57. The average Bonchev–Trinajstić information content (AvgIpc) is 3.13. The molecule has 2 rings (SSSR count). The fraction of sp³-hybridized carbons (Fsp3) is 0.571. The summed E-state index contributed by atoms with van der Waals surface area (Å²) in [5, 5.41) is 0.475. The second-order valence-corrected chi connectivity index (χ2v) is 5.38. The van der Waals surface area contributed by atoms with Crippen LogP contribution in [-0.4, -0.2) is 54.7 Å². The van der Waals surface area contributed by atoms with Gasteiger partial charge in [-0.05, 0) is 18.9 Å². The second-order valence-electron chi connectivity index (χ2n) is 4.94. The molecule has 0 spiro atoms. The van der Waals surface area contributed by atoms with Gasteiger partial charge in [0.1, 0.15) is 5.69 Å². The second kappa shape index (κ2) is 7.47. The molecule has 1 N–H and O–H groups in total. The van der Waals surface area contributed by atoms with E-state index in [-0.39, 0.29) is 24.4 Å². The summed E-state index contributed by atoms with van der Waals surface area (Å²) in [5.74, 6) is -0.536. The molecule has 0 saturated carbocycles. The smallest absolute Gasteiger partial charge is 0.307 e. The van der Waals surface area contributed by atoms with Crippen LogP contribution in [0.25, 0.3) is 0 Å². The Balaban J connectivity index is 2.02. The van der Waals surface area contributed by atoms with Crippen LogP contribution in [0.1, 0.15) is 29.8 Å². The first-order chi connectivity index (χ1) is 10.1. The highest BCUT2D eigenvalue weighted by molar-refractivity contribution is 6.30. The number of esters is 1. The zero-order valence-electron chi connectivity index (χ0n) is 11.9. The first kappa shape index (κ1) is 15.9. The highest BCUT2D eigenvalue weighted by Gasteiger charge is 2.24. The molecular formula is C14H19ClN2O4. The molecule has 2 heterocycles. The van der Waals surface area contributed by atoms with E-state index in [9.17, 15) is 9.59 Å². The molecular weight excluding hydrogens is 296 g/mol. The van der Waals surface area contributed by atoms with Gasteiger partial charge in [-0.3, -0.25) is 9.59 Å². The molecule has 1 unspecified atom stereocenters. The molecule has 0 aromatic carbocycles. The Bertz CT molecular complexity index is 497. The summed E-state index contributed by atoms with van der Waals surface area (Å²) in [5.41, 5.74) is 0.405. The number of halogens is 1. The maximum atomic E-state index is 12.5. The van der Waals surface area contributed by atoms with Gasteiger partial charge in [0.15, 0.2) is 0 Å². The molecule has 1 aliphatic heterocycles. The molecule has 1 aliphatic rings. The number of methoxy groups -OCH3 is 1. The van der Waals surface area contributed by atoms with Crippen molar-refractivity contribution in [2.75, 3.05) is 26.8 Å². The normalized spacial score (nSPS) is 17.7. The Kier molecular flexibility index (Phi) is 5.64. The van der Waals surface area contributed by atoms with E-state index in [4.69, 9.17) is 16.3 Å². The van der Waals surface area contributed by atoms with Crippen molar-refractivity contribution in [3.05, 3.63) is 23.0 Å². The number of hydrogen-bond donors (Lipinski definition) is 1. The zero-order chi connectivity index (χ0) is 15.2. The lowest BCUT2D eigenvalue weighted by molar-refractivity contribution is -0.140. The van der Waals surface area contributed by atoms with E-state index in [0.29, 0.717) is 23.8 Å². The number of hydrogen-bond acceptors (Lipinski definition) is 4. The maximum absolute atomic E-state index is 12.5. The number of nitrogens with zero attached hydrogens (tertiary/aromatic N) is 1. The van der Waals surface area contributed by atoms with E-state index in [1.165, 1.54) is 7.11 Å². The van der Waals surface area contributed by atoms with Gasteiger partial charge >= 0.3 is 5.97 Å². The molecule has 1 atom stereocenters. The van der Waals surface area contributed by atoms with Crippen LogP contribution in [0.15, 0.2) is 12.3 Å². The van der Waals surface area contributed by atoms with Crippen molar-refractivity contribution in [2.45, 2.75) is 25.4 Å². The van der Waals surface area contributed by atoms with E-state index in [1.807, 2.05) is 0 Å². The lowest BCUT2D eigenvalue weighted by Gasteiger charge is -2.24. The summed E-state index contributed by atoms with van der Waals surface area (Å²) >= 11 is 5.83. The molecule has 1 aromatic rings. The molecule has 0 bridgehead atoms. The molecule has 116 valence electrons. The fourth-order valence-electron chi connectivity index (χ4n) is 2.30. The number of carbonyl (C=O) groups is 2. The standard InChI is InChI=1S/C14H19ClN2O4/c1-20-13(18)4-5-17(9-11-3-2-6-21-11)14(19)12-7-10(15)8-16-12/h7-8,11,16H,2-6,9H2,1H3. The number of ether oxygens (including phenoxy) is 2. The lowest BCUT2D eigenvalue weighted by Crippen LogP contribution is -2.39. The Morgan fingerprint density at radius 3 is 2.95 bits per heavy atom. The van der Waals surface area contributed by atoms with E-state index in [2.05, 4.69) is 9.72 Å². The Hall–Kier alpha value is -1.53. The van der Waals surface area contributed by atoms with Crippen LogP contribution >= 0.6 is 11.6 Å². The van der Waals surface area contributed by atoms with Gasteiger partial charge in [0.25, 0.3) is 5.91 Å². The van der Waals surface area contributed by atoms with Crippen LogP contribution in [0, 0.1) is 0 Å². The van der Waals surface area contributed by atoms with Gasteiger partial charge in [0, 0.05) is 25.9 Å². The lowest BCUT2D eigenvalue weighted by atomic mass is 10.2. The topological polar surface area (TPSA) is 71.6 Å². The maximum Gasteiger partial charge on any atom is 0.307 e. The highest BCUT2D eigenvalue weighted by atomic mass is 35.5. The van der Waals surface area contributed by atoms with Gasteiger partial charge in [0.05, 0.1) is 24.7 Å². The van der Waals surface area contributed by atoms with Crippen LogP contribution in [0.4, 0.5) is 0 Å². The monoisotopic (exact) mass is 314 g/mol. The van der Waals surface area contributed by atoms with Gasteiger partial charge in [-0.25, -0.2) is 0 Å². The summed E-state index contributed by atoms with van der Waals surface area (Å²) in [4.78, 5) is 28.2. The van der Waals surface area contributed by atoms with Gasteiger partial charge in [-0.1, -0.05) is 11.6 Å². The van der Waals surface area contributed by atoms with Crippen molar-refractivity contribution in [2.24, 2.45) is 0 Å². The van der Waals surface area contributed by atoms with Crippen molar-refractivity contribution in [3.8, 4) is 0 Å².